The maximum absolute atomic E-state index is 12.3. The van der Waals surface area contributed by atoms with Crippen molar-refractivity contribution in [3.05, 3.63) is 95.6 Å². The molecule has 6 heteroatoms. The molecule has 1 atom stereocenters. The van der Waals surface area contributed by atoms with Gasteiger partial charge in [0.25, 0.3) is 5.91 Å². The molecule has 3 aromatic rings. The molecule has 0 aromatic heterocycles. The standard InChI is InChI=1S/C24H20N2O4/c1-17(23(27)26-22-10-6-5-9-20(22)15-25)30-24(28)19-11-13-21(14-12-19)29-16-18-7-3-2-4-8-18/h2-14,17H,16H2,1H3,(H,26,27)/t17-/m0/s1. The molecule has 0 radical (unpaired) electrons. The van der Waals surface area contributed by atoms with E-state index in [1.165, 1.54) is 6.92 Å². The topological polar surface area (TPSA) is 88.4 Å². The van der Waals surface area contributed by atoms with Crippen LogP contribution in [0.1, 0.15) is 28.4 Å². The van der Waals surface area contributed by atoms with Crippen LogP contribution in [0, 0.1) is 11.3 Å². The highest BCUT2D eigenvalue weighted by molar-refractivity contribution is 5.98. The van der Waals surface area contributed by atoms with Crippen LogP contribution in [0.5, 0.6) is 5.75 Å². The molecule has 0 aliphatic rings. The summed E-state index contributed by atoms with van der Waals surface area (Å²) >= 11 is 0. The molecule has 0 aliphatic heterocycles. The van der Waals surface area contributed by atoms with Gasteiger partial charge >= 0.3 is 5.97 Å². The summed E-state index contributed by atoms with van der Waals surface area (Å²) in [5.41, 5.74) is 2.04. The Kier molecular flexibility index (Phi) is 6.80. The van der Waals surface area contributed by atoms with Crippen LogP contribution in [0.4, 0.5) is 5.69 Å². The Bertz CT molecular complexity index is 1060. The number of rotatable bonds is 7. The molecule has 0 unspecified atom stereocenters. The van der Waals surface area contributed by atoms with E-state index in [1.54, 1.807) is 48.5 Å². The van der Waals surface area contributed by atoms with Gasteiger partial charge in [-0.1, -0.05) is 42.5 Å². The lowest BCUT2D eigenvalue weighted by Gasteiger charge is -2.14. The number of nitrogens with zero attached hydrogens (tertiary/aromatic N) is 1. The lowest BCUT2D eigenvalue weighted by Crippen LogP contribution is -2.30. The van der Waals surface area contributed by atoms with Gasteiger partial charge < -0.3 is 14.8 Å². The molecule has 0 saturated heterocycles. The zero-order valence-electron chi connectivity index (χ0n) is 16.4. The second kappa shape index (κ2) is 9.89. The number of esters is 1. The first-order valence-corrected chi connectivity index (χ1v) is 9.34. The number of nitriles is 1. The number of carbonyl (C=O) groups is 2. The van der Waals surface area contributed by atoms with Gasteiger partial charge in [0, 0.05) is 0 Å². The first kappa shape index (κ1) is 20.6. The molecule has 0 spiro atoms. The number of ether oxygens (including phenoxy) is 2. The van der Waals surface area contributed by atoms with E-state index >= 15 is 0 Å². The molecule has 0 saturated carbocycles. The van der Waals surface area contributed by atoms with E-state index in [0.717, 1.165) is 5.56 Å². The largest absolute Gasteiger partial charge is 0.489 e. The minimum absolute atomic E-state index is 0.305. The van der Waals surface area contributed by atoms with Crippen LogP contribution in [0.25, 0.3) is 0 Å². The molecule has 0 bridgehead atoms. The average Bonchev–Trinajstić information content (AvgIpc) is 2.79. The highest BCUT2D eigenvalue weighted by atomic mass is 16.5. The van der Waals surface area contributed by atoms with Crippen molar-refractivity contribution in [3.8, 4) is 11.8 Å². The van der Waals surface area contributed by atoms with Crippen molar-refractivity contribution in [3.63, 3.8) is 0 Å². The number of anilines is 1. The van der Waals surface area contributed by atoms with E-state index in [2.05, 4.69) is 5.32 Å². The molecule has 30 heavy (non-hydrogen) atoms. The number of hydrogen-bond acceptors (Lipinski definition) is 5. The van der Waals surface area contributed by atoms with E-state index in [9.17, 15) is 9.59 Å². The Morgan fingerprint density at radius 1 is 0.967 bits per heavy atom. The Labute approximate surface area is 174 Å². The molecule has 3 rings (SSSR count). The molecule has 6 nitrogen and oxygen atoms in total. The van der Waals surface area contributed by atoms with Gasteiger partial charge in [0.2, 0.25) is 0 Å². The van der Waals surface area contributed by atoms with E-state index in [0.29, 0.717) is 29.2 Å². The van der Waals surface area contributed by atoms with E-state index in [-0.39, 0.29) is 0 Å². The second-order valence-electron chi connectivity index (χ2n) is 6.49. The molecular weight excluding hydrogens is 380 g/mol. The normalized spacial score (nSPS) is 11.1. The van der Waals surface area contributed by atoms with Crippen molar-refractivity contribution in [2.45, 2.75) is 19.6 Å². The van der Waals surface area contributed by atoms with Crippen LogP contribution in [-0.2, 0) is 16.1 Å². The number of nitrogens with one attached hydrogen (secondary N) is 1. The third-order valence-corrected chi connectivity index (χ3v) is 4.30. The lowest BCUT2D eigenvalue weighted by atomic mass is 10.2. The van der Waals surface area contributed by atoms with Gasteiger partial charge in [-0.15, -0.1) is 0 Å². The van der Waals surface area contributed by atoms with Gasteiger partial charge in [-0.25, -0.2) is 4.79 Å². The predicted octanol–water partition coefficient (Wildman–Crippen LogP) is 4.32. The summed E-state index contributed by atoms with van der Waals surface area (Å²) in [4.78, 5) is 24.6. The number of benzene rings is 3. The van der Waals surface area contributed by atoms with E-state index in [1.807, 2.05) is 36.4 Å². The van der Waals surface area contributed by atoms with Crippen molar-refractivity contribution in [1.82, 2.24) is 0 Å². The van der Waals surface area contributed by atoms with Crippen LogP contribution in [0.3, 0.4) is 0 Å². The average molecular weight is 400 g/mol. The van der Waals surface area contributed by atoms with Crippen molar-refractivity contribution in [2.24, 2.45) is 0 Å². The monoisotopic (exact) mass is 400 g/mol. The van der Waals surface area contributed by atoms with Gasteiger partial charge in [-0.05, 0) is 48.9 Å². The summed E-state index contributed by atoms with van der Waals surface area (Å²) in [7, 11) is 0. The van der Waals surface area contributed by atoms with Crippen LogP contribution in [0.2, 0.25) is 0 Å². The zero-order valence-corrected chi connectivity index (χ0v) is 16.4. The smallest absolute Gasteiger partial charge is 0.338 e. The van der Waals surface area contributed by atoms with Crippen LogP contribution < -0.4 is 10.1 Å². The maximum atomic E-state index is 12.3. The Morgan fingerprint density at radius 3 is 2.33 bits per heavy atom. The Balaban J connectivity index is 1.54. The summed E-state index contributed by atoms with van der Waals surface area (Å²) in [5, 5.41) is 11.7. The van der Waals surface area contributed by atoms with Crippen LogP contribution >= 0.6 is 0 Å². The number of amides is 1. The van der Waals surface area contributed by atoms with E-state index in [4.69, 9.17) is 14.7 Å². The minimum Gasteiger partial charge on any atom is -0.489 e. The Hall–Kier alpha value is -4.11. The molecule has 3 aromatic carbocycles. The zero-order chi connectivity index (χ0) is 21.3. The molecular formula is C24H20N2O4. The fourth-order valence-corrected chi connectivity index (χ4v) is 2.63. The quantitative estimate of drug-likeness (QED) is 0.597. The second-order valence-corrected chi connectivity index (χ2v) is 6.49. The van der Waals surface area contributed by atoms with Crippen molar-refractivity contribution < 1.29 is 19.1 Å². The lowest BCUT2D eigenvalue weighted by molar-refractivity contribution is -0.123. The van der Waals surface area contributed by atoms with Gasteiger partial charge in [0.1, 0.15) is 18.4 Å². The number of carbonyl (C=O) groups excluding carboxylic acids is 2. The fraction of sp³-hybridized carbons (Fsp3) is 0.125. The molecule has 150 valence electrons. The summed E-state index contributed by atoms with van der Waals surface area (Å²) in [6, 6.07) is 24.9. The summed E-state index contributed by atoms with van der Waals surface area (Å²) < 4.78 is 10.9. The van der Waals surface area contributed by atoms with Crippen LogP contribution in [0.15, 0.2) is 78.9 Å². The third kappa shape index (κ3) is 5.46. The molecule has 1 amide bonds. The number of para-hydroxylation sites is 1. The SMILES string of the molecule is C[C@H](OC(=O)c1ccc(OCc2ccccc2)cc1)C(=O)Nc1ccccc1C#N. The van der Waals surface area contributed by atoms with Crippen molar-refractivity contribution >= 4 is 17.6 Å². The predicted molar refractivity (Wildman–Crippen MR) is 112 cm³/mol. The van der Waals surface area contributed by atoms with E-state index < -0.39 is 18.0 Å². The highest BCUT2D eigenvalue weighted by Crippen LogP contribution is 2.17. The maximum Gasteiger partial charge on any atom is 0.338 e. The molecule has 1 N–H and O–H groups in total. The molecule has 0 fully saturated rings. The van der Waals surface area contributed by atoms with Gasteiger partial charge in [0.15, 0.2) is 6.10 Å². The Morgan fingerprint density at radius 2 is 1.63 bits per heavy atom. The minimum atomic E-state index is -1.03. The van der Waals surface area contributed by atoms with Crippen LogP contribution in [-0.4, -0.2) is 18.0 Å². The third-order valence-electron chi connectivity index (χ3n) is 4.30. The van der Waals surface area contributed by atoms with Crippen molar-refractivity contribution in [2.75, 3.05) is 5.32 Å². The highest BCUT2D eigenvalue weighted by Gasteiger charge is 2.20. The first-order chi connectivity index (χ1) is 14.6. The molecule has 0 aliphatic carbocycles. The van der Waals surface area contributed by atoms with Gasteiger partial charge in [-0.2, -0.15) is 5.26 Å². The fourth-order valence-electron chi connectivity index (χ4n) is 2.63. The molecule has 0 heterocycles. The van der Waals surface area contributed by atoms with Gasteiger partial charge in [-0.3, -0.25) is 4.79 Å². The van der Waals surface area contributed by atoms with Gasteiger partial charge in [0.05, 0.1) is 16.8 Å². The summed E-state index contributed by atoms with van der Waals surface area (Å²) in [6.45, 7) is 1.89. The number of hydrogen-bond donors (Lipinski definition) is 1. The first-order valence-electron chi connectivity index (χ1n) is 9.34. The summed E-state index contributed by atoms with van der Waals surface area (Å²) in [5.74, 6) is -0.524. The summed E-state index contributed by atoms with van der Waals surface area (Å²) in [6.07, 6.45) is -1.03. The van der Waals surface area contributed by atoms with Crippen molar-refractivity contribution in [1.29, 1.82) is 5.26 Å².